The predicted molar refractivity (Wildman–Crippen MR) is 101 cm³/mol. The van der Waals surface area contributed by atoms with Crippen LogP contribution in [0, 0.1) is 6.92 Å². The van der Waals surface area contributed by atoms with Gasteiger partial charge in [-0.25, -0.2) is 4.98 Å². The van der Waals surface area contributed by atoms with Gasteiger partial charge in [-0.1, -0.05) is 29.8 Å². The molecular formula is C18H16ClN3O2S. The van der Waals surface area contributed by atoms with Crippen LogP contribution in [0.2, 0.25) is 4.47 Å². The first kappa shape index (κ1) is 17.4. The quantitative estimate of drug-likeness (QED) is 0.709. The normalized spacial score (nSPS) is 10.6. The molecule has 0 atom stereocenters. The number of halogens is 1. The van der Waals surface area contributed by atoms with Crippen molar-refractivity contribution in [2.75, 3.05) is 11.9 Å². The van der Waals surface area contributed by atoms with Gasteiger partial charge >= 0.3 is 0 Å². The van der Waals surface area contributed by atoms with Gasteiger partial charge in [-0.3, -0.25) is 9.59 Å². The highest BCUT2D eigenvalue weighted by molar-refractivity contribution is 7.22. The van der Waals surface area contributed by atoms with E-state index in [0.717, 1.165) is 16.0 Å². The van der Waals surface area contributed by atoms with Gasteiger partial charge in [-0.05, 0) is 36.8 Å². The SMILES string of the molecule is Cc1ccccc1NC(=O)CCNC(=O)c1ccc2sc(Cl)nc2c1. The molecule has 5 nitrogen and oxygen atoms in total. The largest absolute Gasteiger partial charge is 0.352 e. The molecule has 0 aliphatic heterocycles. The van der Waals surface area contributed by atoms with Crippen LogP contribution < -0.4 is 10.6 Å². The van der Waals surface area contributed by atoms with E-state index in [0.29, 0.717) is 15.5 Å². The maximum absolute atomic E-state index is 12.2. The number of hydrogen-bond acceptors (Lipinski definition) is 4. The first-order valence-corrected chi connectivity index (χ1v) is 8.92. The van der Waals surface area contributed by atoms with Crippen molar-refractivity contribution >= 4 is 50.7 Å². The second-order valence-corrected chi connectivity index (χ2v) is 7.13. The molecular weight excluding hydrogens is 358 g/mol. The lowest BCUT2D eigenvalue weighted by molar-refractivity contribution is -0.116. The number of aromatic nitrogens is 1. The molecule has 0 aliphatic rings. The number of carbonyl (C=O) groups excluding carboxylic acids is 2. The number of benzene rings is 2. The van der Waals surface area contributed by atoms with Gasteiger partial charge in [-0.2, -0.15) is 0 Å². The molecule has 3 aromatic rings. The molecule has 3 rings (SSSR count). The molecule has 0 aliphatic carbocycles. The van der Waals surface area contributed by atoms with E-state index in [4.69, 9.17) is 11.6 Å². The Morgan fingerprint density at radius 3 is 2.80 bits per heavy atom. The molecule has 7 heteroatoms. The summed E-state index contributed by atoms with van der Waals surface area (Å²) in [7, 11) is 0. The van der Waals surface area contributed by atoms with Gasteiger partial charge in [0.1, 0.15) is 0 Å². The molecule has 2 N–H and O–H groups in total. The molecule has 2 aromatic carbocycles. The van der Waals surface area contributed by atoms with Crippen molar-refractivity contribution in [2.45, 2.75) is 13.3 Å². The van der Waals surface area contributed by atoms with E-state index in [9.17, 15) is 9.59 Å². The highest BCUT2D eigenvalue weighted by Gasteiger charge is 2.10. The third-order valence-corrected chi connectivity index (χ3v) is 4.82. The van der Waals surface area contributed by atoms with Crippen LogP contribution in [0.25, 0.3) is 10.2 Å². The lowest BCUT2D eigenvalue weighted by Gasteiger charge is -2.09. The number of rotatable bonds is 5. The van der Waals surface area contributed by atoms with Crippen LogP contribution in [0.4, 0.5) is 5.69 Å². The van der Waals surface area contributed by atoms with Crippen LogP contribution in [0.1, 0.15) is 22.3 Å². The minimum Gasteiger partial charge on any atom is -0.352 e. The Morgan fingerprint density at radius 1 is 1.20 bits per heavy atom. The third kappa shape index (κ3) is 4.35. The fourth-order valence-electron chi connectivity index (χ4n) is 2.36. The number of nitrogens with zero attached hydrogens (tertiary/aromatic N) is 1. The first-order chi connectivity index (χ1) is 12.0. The Balaban J connectivity index is 1.53. The van der Waals surface area contributed by atoms with Crippen molar-refractivity contribution in [3.8, 4) is 0 Å². The van der Waals surface area contributed by atoms with E-state index >= 15 is 0 Å². The Bertz CT molecular complexity index is 939. The number of para-hydroxylation sites is 1. The highest BCUT2D eigenvalue weighted by Crippen LogP contribution is 2.26. The van der Waals surface area contributed by atoms with Crippen molar-refractivity contribution in [3.05, 3.63) is 58.1 Å². The van der Waals surface area contributed by atoms with E-state index in [2.05, 4.69) is 15.6 Å². The van der Waals surface area contributed by atoms with Crippen molar-refractivity contribution < 1.29 is 9.59 Å². The lowest BCUT2D eigenvalue weighted by atomic mass is 10.2. The number of fused-ring (bicyclic) bond motifs is 1. The Kier molecular flexibility index (Phi) is 5.31. The van der Waals surface area contributed by atoms with Crippen LogP contribution in [-0.2, 0) is 4.79 Å². The van der Waals surface area contributed by atoms with Gasteiger partial charge < -0.3 is 10.6 Å². The Morgan fingerprint density at radius 2 is 2.00 bits per heavy atom. The lowest BCUT2D eigenvalue weighted by Crippen LogP contribution is -2.27. The van der Waals surface area contributed by atoms with Crippen molar-refractivity contribution in [1.82, 2.24) is 10.3 Å². The zero-order valence-corrected chi connectivity index (χ0v) is 15.1. The summed E-state index contributed by atoms with van der Waals surface area (Å²) < 4.78 is 1.37. The summed E-state index contributed by atoms with van der Waals surface area (Å²) >= 11 is 7.24. The number of nitrogens with one attached hydrogen (secondary N) is 2. The maximum Gasteiger partial charge on any atom is 0.251 e. The minimum absolute atomic E-state index is 0.142. The summed E-state index contributed by atoms with van der Waals surface area (Å²) in [4.78, 5) is 28.3. The summed E-state index contributed by atoms with van der Waals surface area (Å²) in [5.41, 5.74) is 2.97. The summed E-state index contributed by atoms with van der Waals surface area (Å²) in [6.45, 7) is 2.19. The number of anilines is 1. The number of hydrogen-bond donors (Lipinski definition) is 2. The average Bonchev–Trinajstić information content (AvgIpc) is 2.96. The van der Waals surface area contributed by atoms with E-state index < -0.39 is 0 Å². The standard InChI is InChI=1S/C18H16ClN3O2S/c1-11-4-2-3-5-13(11)21-16(23)8-9-20-17(24)12-6-7-15-14(10-12)22-18(19)25-15/h2-7,10H,8-9H2,1H3,(H,20,24)(H,21,23). The number of aryl methyl sites for hydroxylation is 1. The maximum atomic E-state index is 12.2. The zero-order valence-electron chi connectivity index (χ0n) is 13.5. The van der Waals surface area contributed by atoms with Gasteiger partial charge in [0.15, 0.2) is 4.47 Å². The monoisotopic (exact) mass is 373 g/mol. The molecule has 0 saturated heterocycles. The summed E-state index contributed by atoms with van der Waals surface area (Å²) in [5, 5.41) is 5.58. The molecule has 2 amide bonds. The number of amides is 2. The minimum atomic E-state index is -0.241. The molecule has 25 heavy (non-hydrogen) atoms. The van der Waals surface area contributed by atoms with Gasteiger partial charge in [0.25, 0.3) is 5.91 Å². The topological polar surface area (TPSA) is 71.1 Å². The van der Waals surface area contributed by atoms with E-state index in [1.54, 1.807) is 12.1 Å². The summed E-state index contributed by atoms with van der Waals surface area (Å²) in [6.07, 6.45) is 0.199. The molecule has 0 spiro atoms. The molecule has 0 fully saturated rings. The molecule has 128 valence electrons. The van der Waals surface area contributed by atoms with Crippen LogP contribution in [0.3, 0.4) is 0 Å². The third-order valence-electron chi connectivity index (χ3n) is 3.68. The van der Waals surface area contributed by atoms with Crippen molar-refractivity contribution in [2.24, 2.45) is 0 Å². The second kappa shape index (κ2) is 7.63. The van der Waals surface area contributed by atoms with Crippen LogP contribution in [0.5, 0.6) is 0 Å². The van der Waals surface area contributed by atoms with Gasteiger partial charge in [-0.15, -0.1) is 11.3 Å². The zero-order chi connectivity index (χ0) is 17.8. The Hall–Kier alpha value is -2.44. The van der Waals surface area contributed by atoms with E-state index in [-0.39, 0.29) is 24.8 Å². The molecule has 1 heterocycles. The fraction of sp³-hybridized carbons (Fsp3) is 0.167. The van der Waals surface area contributed by atoms with E-state index in [1.807, 2.05) is 37.3 Å². The molecule has 0 radical (unpaired) electrons. The van der Waals surface area contributed by atoms with E-state index in [1.165, 1.54) is 11.3 Å². The smallest absolute Gasteiger partial charge is 0.251 e. The number of carbonyl (C=O) groups is 2. The molecule has 1 aromatic heterocycles. The molecule has 0 saturated carbocycles. The van der Waals surface area contributed by atoms with Crippen LogP contribution in [0.15, 0.2) is 42.5 Å². The van der Waals surface area contributed by atoms with Crippen LogP contribution >= 0.6 is 22.9 Å². The van der Waals surface area contributed by atoms with Crippen molar-refractivity contribution in [3.63, 3.8) is 0 Å². The number of thiazole rings is 1. The molecule has 0 bridgehead atoms. The average molecular weight is 374 g/mol. The first-order valence-electron chi connectivity index (χ1n) is 7.73. The summed E-state index contributed by atoms with van der Waals surface area (Å²) in [6, 6.07) is 12.8. The predicted octanol–water partition coefficient (Wildman–Crippen LogP) is 4.02. The van der Waals surface area contributed by atoms with Gasteiger partial charge in [0, 0.05) is 24.2 Å². The second-order valence-electron chi connectivity index (χ2n) is 5.52. The van der Waals surface area contributed by atoms with Crippen molar-refractivity contribution in [1.29, 1.82) is 0 Å². The van der Waals surface area contributed by atoms with Crippen LogP contribution in [-0.4, -0.2) is 23.3 Å². The Labute approximate surface area is 154 Å². The van der Waals surface area contributed by atoms with Gasteiger partial charge in [0.05, 0.1) is 10.2 Å². The molecule has 0 unspecified atom stereocenters. The fourth-order valence-corrected chi connectivity index (χ4v) is 3.37. The van der Waals surface area contributed by atoms with Gasteiger partial charge in [0.2, 0.25) is 5.91 Å². The summed E-state index contributed by atoms with van der Waals surface area (Å²) in [5.74, 6) is -0.383. The highest BCUT2D eigenvalue weighted by atomic mass is 35.5.